The molecule has 0 spiro atoms. The minimum atomic E-state index is -0.283. The van der Waals surface area contributed by atoms with E-state index in [1.807, 2.05) is 4.90 Å². The first kappa shape index (κ1) is 14.6. The smallest absolute Gasteiger partial charge is 0.263 e. The average molecular weight is 306 g/mol. The first-order chi connectivity index (χ1) is 10.1. The van der Waals surface area contributed by atoms with Gasteiger partial charge in [0.1, 0.15) is 0 Å². The van der Waals surface area contributed by atoms with E-state index >= 15 is 0 Å². The molecule has 0 saturated carbocycles. The third-order valence-electron chi connectivity index (χ3n) is 4.57. The third-order valence-corrected chi connectivity index (χ3v) is 5.79. The van der Waals surface area contributed by atoms with E-state index in [0.29, 0.717) is 6.54 Å². The maximum Gasteiger partial charge on any atom is 0.263 e. The Hall–Kier alpha value is -1.36. The number of amides is 2. The lowest BCUT2D eigenvalue weighted by atomic mass is 9.97. The van der Waals surface area contributed by atoms with E-state index in [2.05, 4.69) is 6.07 Å². The van der Waals surface area contributed by atoms with Crippen LogP contribution in [-0.4, -0.2) is 29.8 Å². The Bertz CT molecular complexity index is 529. The van der Waals surface area contributed by atoms with E-state index in [1.54, 1.807) is 11.3 Å². The van der Waals surface area contributed by atoms with Gasteiger partial charge in [0.15, 0.2) is 0 Å². The summed E-state index contributed by atoms with van der Waals surface area (Å²) in [5.74, 6) is -0.381. The Morgan fingerprint density at radius 1 is 1.19 bits per heavy atom. The van der Waals surface area contributed by atoms with Gasteiger partial charge in [-0.3, -0.25) is 9.59 Å². The maximum atomic E-state index is 12.7. The summed E-state index contributed by atoms with van der Waals surface area (Å²) in [5.41, 5.74) is 6.76. The van der Waals surface area contributed by atoms with Crippen LogP contribution in [0.5, 0.6) is 0 Å². The Morgan fingerprint density at radius 3 is 2.81 bits per heavy atom. The van der Waals surface area contributed by atoms with Gasteiger partial charge in [0.05, 0.1) is 10.8 Å². The van der Waals surface area contributed by atoms with Crippen molar-refractivity contribution >= 4 is 23.2 Å². The van der Waals surface area contributed by atoms with Crippen molar-refractivity contribution in [2.24, 2.45) is 11.7 Å². The lowest BCUT2D eigenvalue weighted by Crippen LogP contribution is -2.43. The molecular formula is C16H22N2O2S. The van der Waals surface area contributed by atoms with Crippen LogP contribution in [0.2, 0.25) is 0 Å². The zero-order valence-electron chi connectivity index (χ0n) is 12.3. The highest BCUT2D eigenvalue weighted by Gasteiger charge is 2.28. The molecule has 2 N–H and O–H groups in total. The third kappa shape index (κ3) is 3.12. The van der Waals surface area contributed by atoms with Gasteiger partial charge in [-0.05, 0) is 50.2 Å². The Balaban J connectivity index is 1.74. The summed E-state index contributed by atoms with van der Waals surface area (Å²) in [6.45, 7) is 1.22. The van der Waals surface area contributed by atoms with Crippen molar-refractivity contribution in [3.05, 3.63) is 21.4 Å². The zero-order chi connectivity index (χ0) is 14.8. The Kier molecular flexibility index (Phi) is 4.29. The summed E-state index contributed by atoms with van der Waals surface area (Å²) in [7, 11) is 0. The number of thiophene rings is 1. The fourth-order valence-corrected chi connectivity index (χ4v) is 4.54. The van der Waals surface area contributed by atoms with Crippen molar-refractivity contribution in [1.29, 1.82) is 0 Å². The molecule has 0 radical (unpaired) electrons. The summed E-state index contributed by atoms with van der Waals surface area (Å²) in [6, 6.07) is 2.08. The van der Waals surface area contributed by atoms with Crippen LogP contribution < -0.4 is 5.73 Å². The molecule has 1 aromatic heterocycles. The summed E-state index contributed by atoms with van der Waals surface area (Å²) in [5, 5.41) is 0. The molecule has 1 aromatic rings. The molecule has 114 valence electrons. The molecule has 0 bridgehead atoms. The minimum Gasteiger partial charge on any atom is -0.369 e. The lowest BCUT2D eigenvalue weighted by Gasteiger charge is -2.30. The van der Waals surface area contributed by atoms with Crippen LogP contribution in [0, 0.1) is 5.92 Å². The number of likely N-dealkylation sites (tertiary alicyclic amines) is 1. The number of carbonyl (C=O) groups is 2. The van der Waals surface area contributed by atoms with Crippen LogP contribution in [0.3, 0.4) is 0 Å². The number of fused-ring (bicyclic) bond motifs is 1. The van der Waals surface area contributed by atoms with E-state index in [0.717, 1.165) is 37.1 Å². The van der Waals surface area contributed by atoms with E-state index in [9.17, 15) is 9.59 Å². The number of carbonyl (C=O) groups excluding carboxylic acids is 2. The van der Waals surface area contributed by atoms with Gasteiger partial charge in [-0.1, -0.05) is 6.42 Å². The largest absolute Gasteiger partial charge is 0.369 e. The SMILES string of the molecule is NC(=O)C1CCCN(C(=O)c2cc3c(s2)CCCCC3)C1. The second-order valence-corrected chi connectivity index (χ2v) is 7.25. The van der Waals surface area contributed by atoms with Gasteiger partial charge in [0, 0.05) is 18.0 Å². The van der Waals surface area contributed by atoms with Crippen molar-refractivity contribution in [3.63, 3.8) is 0 Å². The fourth-order valence-electron chi connectivity index (χ4n) is 3.32. The maximum absolute atomic E-state index is 12.7. The van der Waals surface area contributed by atoms with E-state index in [-0.39, 0.29) is 17.7 Å². The van der Waals surface area contributed by atoms with Crippen LogP contribution in [0.15, 0.2) is 6.07 Å². The first-order valence-corrected chi connectivity index (χ1v) is 8.67. The van der Waals surface area contributed by atoms with Crippen LogP contribution >= 0.6 is 11.3 Å². The summed E-state index contributed by atoms with van der Waals surface area (Å²) < 4.78 is 0. The predicted octanol–water partition coefficient (Wildman–Crippen LogP) is 2.35. The van der Waals surface area contributed by atoms with Crippen LogP contribution in [0.25, 0.3) is 0 Å². The lowest BCUT2D eigenvalue weighted by molar-refractivity contribution is -0.123. The molecule has 2 aliphatic rings. The standard InChI is InChI=1S/C16H22N2O2S/c17-15(19)12-6-4-8-18(10-12)16(20)14-9-11-5-2-1-3-7-13(11)21-14/h9,12H,1-8,10H2,(H2,17,19). The number of nitrogens with zero attached hydrogens (tertiary/aromatic N) is 1. The molecule has 3 rings (SSSR count). The van der Waals surface area contributed by atoms with E-state index in [1.165, 1.54) is 29.7 Å². The van der Waals surface area contributed by atoms with Gasteiger partial charge in [0.25, 0.3) is 5.91 Å². The highest BCUT2D eigenvalue weighted by Crippen LogP contribution is 2.30. The normalized spacial score (nSPS) is 22.5. The van der Waals surface area contributed by atoms with Gasteiger partial charge in [-0.25, -0.2) is 0 Å². The molecular weight excluding hydrogens is 284 g/mol. The molecule has 1 unspecified atom stereocenters. The molecule has 1 aliphatic heterocycles. The molecule has 21 heavy (non-hydrogen) atoms. The van der Waals surface area contributed by atoms with Crippen molar-refractivity contribution in [2.75, 3.05) is 13.1 Å². The van der Waals surface area contributed by atoms with Crippen LogP contribution in [0.1, 0.15) is 52.2 Å². The van der Waals surface area contributed by atoms with Crippen molar-refractivity contribution < 1.29 is 9.59 Å². The first-order valence-electron chi connectivity index (χ1n) is 7.85. The summed E-state index contributed by atoms with van der Waals surface area (Å²) in [4.78, 5) is 28.0. The zero-order valence-corrected chi connectivity index (χ0v) is 13.1. The van der Waals surface area contributed by atoms with Crippen LogP contribution in [0.4, 0.5) is 0 Å². The highest BCUT2D eigenvalue weighted by molar-refractivity contribution is 7.14. The van der Waals surface area contributed by atoms with E-state index in [4.69, 9.17) is 5.73 Å². The van der Waals surface area contributed by atoms with Gasteiger partial charge >= 0.3 is 0 Å². The highest BCUT2D eigenvalue weighted by atomic mass is 32.1. The number of hydrogen-bond acceptors (Lipinski definition) is 3. The molecule has 4 nitrogen and oxygen atoms in total. The average Bonchev–Trinajstić information content (AvgIpc) is 2.77. The second kappa shape index (κ2) is 6.18. The monoisotopic (exact) mass is 306 g/mol. The quantitative estimate of drug-likeness (QED) is 0.853. The number of rotatable bonds is 2. The van der Waals surface area contributed by atoms with E-state index < -0.39 is 0 Å². The molecule has 2 amide bonds. The number of nitrogens with two attached hydrogens (primary N) is 1. The van der Waals surface area contributed by atoms with Gasteiger partial charge < -0.3 is 10.6 Å². The number of aryl methyl sites for hydroxylation is 2. The Labute approximate surface area is 129 Å². The topological polar surface area (TPSA) is 63.4 Å². The number of primary amides is 1. The molecule has 0 aromatic carbocycles. The fraction of sp³-hybridized carbons (Fsp3) is 0.625. The summed E-state index contributed by atoms with van der Waals surface area (Å²) in [6.07, 6.45) is 7.63. The van der Waals surface area contributed by atoms with Crippen LogP contribution in [-0.2, 0) is 17.6 Å². The van der Waals surface area contributed by atoms with Crippen molar-refractivity contribution in [2.45, 2.75) is 44.9 Å². The van der Waals surface area contributed by atoms with Gasteiger partial charge in [-0.15, -0.1) is 11.3 Å². The van der Waals surface area contributed by atoms with Gasteiger partial charge in [-0.2, -0.15) is 0 Å². The molecule has 1 atom stereocenters. The second-order valence-electron chi connectivity index (χ2n) is 6.11. The van der Waals surface area contributed by atoms with Gasteiger partial charge in [0.2, 0.25) is 5.91 Å². The Morgan fingerprint density at radius 2 is 2.00 bits per heavy atom. The molecule has 1 fully saturated rings. The van der Waals surface area contributed by atoms with Crippen molar-refractivity contribution in [1.82, 2.24) is 4.90 Å². The molecule has 5 heteroatoms. The van der Waals surface area contributed by atoms with Crippen molar-refractivity contribution in [3.8, 4) is 0 Å². The number of hydrogen-bond donors (Lipinski definition) is 1. The number of piperidine rings is 1. The molecule has 2 heterocycles. The molecule has 1 aliphatic carbocycles. The molecule has 1 saturated heterocycles. The minimum absolute atomic E-state index is 0.0824. The summed E-state index contributed by atoms with van der Waals surface area (Å²) >= 11 is 1.65. The predicted molar refractivity (Wildman–Crippen MR) is 83.4 cm³/mol.